The fourth-order valence-electron chi connectivity index (χ4n) is 1.60. The second-order valence-corrected chi connectivity index (χ2v) is 4.61. The first kappa shape index (κ1) is 14.0. The maximum atomic E-state index is 13.3. The van der Waals surface area contributed by atoms with Crippen LogP contribution in [0.25, 0.3) is 0 Å². The second-order valence-electron chi connectivity index (χ2n) is 4.61. The van der Waals surface area contributed by atoms with Crippen LogP contribution in [0, 0.1) is 11.6 Å². The maximum Gasteiger partial charge on any atom is 0.255 e. The quantitative estimate of drug-likeness (QED) is 0.849. The van der Waals surface area contributed by atoms with Gasteiger partial charge in [-0.2, -0.15) is 5.10 Å². The molecule has 0 fully saturated rings. The summed E-state index contributed by atoms with van der Waals surface area (Å²) in [6.07, 6.45) is 3.09. The largest absolute Gasteiger partial charge is 0.394 e. The summed E-state index contributed by atoms with van der Waals surface area (Å²) >= 11 is 0. The SMILES string of the molecule is CC(C)n1cc(NC(=O)c2cc(F)c(N)c(F)c2)cn1. The van der Waals surface area contributed by atoms with E-state index in [0.29, 0.717) is 5.69 Å². The minimum absolute atomic E-state index is 0.145. The molecule has 0 atom stereocenters. The molecule has 3 N–H and O–H groups in total. The van der Waals surface area contributed by atoms with Crippen molar-refractivity contribution in [1.29, 1.82) is 0 Å². The Balaban J connectivity index is 2.19. The molecule has 0 spiro atoms. The minimum Gasteiger partial charge on any atom is -0.394 e. The fraction of sp³-hybridized carbons (Fsp3) is 0.231. The number of carbonyl (C=O) groups excluding carboxylic acids is 1. The van der Waals surface area contributed by atoms with Gasteiger partial charge in [-0.25, -0.2) is 8.78 Å². The van der Waals surface area contributed by atoms with Crippen LogP contribution in [0.4, 0.5) is 20.2 Å². The number of anilines is 2. The van der Waals surface area contributed by atoms with Gasteiger partial charge in [-0.3, -0.25) is 9.48 Å². The summed E-state index contributed by atoms with van der Waals surface area (Å²) in [5.41, 5.74) is 4.84. The molecule has 2 rings (SSSR count). The molecule has 1 amide bonds. The lowest BCUT2D eigenvalue weighted by Crippen LogP contribution is -2.13. The summed E-state index contributed by atoms with van der Waals surface area (Å²) in [5.74, 6) is -2.56. The Bertz CT molecular complexity index is 629. The number of amides is 1. The number of nitrogens with zero attached hydrogens (tertiary/aromatic N) is 2. The molecule has 2 aromatic rings. The lowest BCUT2D eigenvalue weighted by Gasteiger charge is -2.06. The van der Waals surface area contributed by atoms with Crippen molar-refractivity contribution in [3.63, 3.8) is 0 Å². The maximum absolute atomic E-state index is 13.3. The number of carbonyl (C=O) groups is 1. The molecule has 0 aliphatic carbocycles. The highest BCUT2D eigenvalue weighted by Crippen LogP contribution is 2.18. The number of halogens is 2. The molecule has 7 heteroatoms. The zero-order valence-corrected chi connectivity index (χ0v) is 11.0. The number of benzene rings is 1. The number of rotatable bonds is 3. The molecule has 0 unspecified atom stereocenters. The average Bonchev–Trinajstić information content (AvgIpc) is 2.84. The summed E-state index contributed by atoms with van der Waals surface area (Å²) in [6.45, 7) is 3.87. The van der Waals surface area contributed by atoms with Crippen molar-refractivity contribution in [3.05, 3.63) is 41.7 Å². The summed E-state index contributed by atoms with van der Waals surface area (Å²) in [7, 11) is 0. The van der Waals surface area contributed by atoms with Crippen LogP contribution in [0.15, 0.2) is 24.5 Å². The van der Waals surface area contributed by atoms with Gasteiger partial charge in [0.1, 0.15) is 17.3 Å². The van der Waals surface area contributed by atoms with Crippen LogP contribution < -0.4 is 11.1 Å². The third kappa shape index (κ3) is 2.76. The monoisotopic (exact) mass is 280 g/mol. The van der Waals surface area contributed by atoms with Crippen LogP contribution in [-0.2, 0) is 0 Å². The molecule has 20 heavy (non-hydrogen) atoms. The molecule has 1 aromatic carbocycles. The third-order valence-electron chi connectivity index (χ3n) is 2.73. The Hall–Kier alpha value is -2.44. The van der Waals surface area contributed by atoms with Crippen molar-refractivity contribution in [2.75, 3.05) is 11.1 Å². The van der Waals surface area contributed by atoms with Crippen LogP contribution >= 0.6 is 0 Å². The van der Waals surface area contributed by atoms with E-state index in [0.717, 1.165) is 12.1 Å². The number of nitrogens with two attached hydrogens (primary N) is 1. The summed E-state index contributed by atoms with van der Waals surface area (Å²) in [5, 5.41) is 6.56. The first-order valence-electron chi connectivity index (χ1n) is 5.98. The molecule has 0 aliphatic heterocycles. The van der Waals surface area contributed by atoms with Gasteiger partial charge in [0.25, 0.3) is 5.91 Å². The second kappa shape index (κ2) is 5.28. The van der Waals surface area contributed by atoms with E-state index in [-0.39, 0.29) is 11.6 Å². The van der Waals surface area contributed by atoms with Crippen molar-refractivity contribution in [2.45, 2.75) is 19.9 Å². The molecule has 5 nitrogen and oxygen atoms in total. The summed E-state index contributed by atoms with van der Waals surface area (Å²) in [6, 6.07) is 1.92. The van der Waals surface area contributed by atoms with E-state index in [4.69, 9.17) is 5.73 Å². The van der Waals surface area contributed by atoms with Gasteiger partial charge < -0.3 is 11.1 Å². The Labute approximate surface area is 114 Å². The molecule has 0 radical (unpaired) electrons. The van der Waals surface area contributed by atoms with E-state index >= 15 is 0 Å². The number of nitrogens with one attached hydrogen (secondary N) is 1. The van der Waals surface area contributed by atoms with Gasteiger partial charge >= 0.3 is 0 Å². The van der Waals surface area contributed by atoms with E-state index < -0.39 is 23.2 Å². The Morgan fingerprint density at radius 2 is 1.95 bits per heavy atom. The zero-order valence-electron chi connectivity index (χ0n) is 11.0. The van der Waals surface area contributed by atoms with Gasteiger partial charge in [0.05, 0.1) is 11.9 Å². The van der Waals surface area contributed by atoms with Crippen LogP contribution in [0.1, 0.15) is 30.2 Å². The number of aromatic nitrogens is 2. The highest BCUT2D eigenvalue weighted by molar-refractivity contribution is 6.04. The molecular weight excluding hydrogens is 266 g/mol. The van der Waals surface area contributed by atoms with Gasteiger partial charge in [-0.1, -0.05) is 0 Å². The van der Waals surface area contributed by atoms with E-state index in [1.165, 1.54) is 6.20 Å². The molecule has 106 valence electrons. The van der Waals surface area contributed by atoms with Crippen LogP contribution in [0.2, 0.25) is 0 Å². The summed E-state index contributed by atoms with van der Waals surface area (Å²) in [4.78, 5) is 11.9. The number of hydrogen-bond acceptors (Lipinski definition) is 3. The Morgan fingerprint density at radius 1 is 1.35 bits per heavy atom. The van der Waals surface area contributed by atoms with Crippen LogP contribution in [0.3, 0.4) is 0 Å². The summed E-state index contributed by atoms with van der Waals surface area (Å²) < 4.78 is 28.2. The average molecular weight is 280 g/mol. The molecule has 0 saturated heterocycles. The predicted octanol–water partition coefficient (Wildman–Crippen LogP) is 2.58. The van der Waals surface area contributed by atoms with E-state index in [1.807, 2.05) is 13.8 Å². The van der Waals surface area contributed by atoms with Crippen molar-refractivity contribution in [1.82, 2.24) is 9.78 Å². The van der Waals surface area contributed by atoms with Gasteiger partial charge in [0.15, 0.2) is 0 Å². The first-order valence-corrected chi connectivity index (χ1v) is 5.98. The number of nitrogen functional groups attached to an aromatic ring is 1. The molecule has 1 heterocycles. The smallest absolute Gasteiger partial charge is 0.255 e. The van der Waals surface area contributed by atoms with Gasteiger partial charge in [-0.15, -0.1) is 0 Å². The molecular formula is C13H14F2N4O. The number of hydrogen-bond donors (Lipinski definition) is 2. The third-order valence-corrected chi connectivity index (χ3v) is 2.73. The van der Waals surface area contributed by atoms with Crippen molar-refractivity contribution in [2.24, 2.45) is 0 Å². The Morgan fingerprint density at radius 3 is 2.45 bits per heavy atom. The van der Waals surface area contributed by atoms with Crippen LogP contribution in [-0.4, -0.2) is 15.7 Å². The Kier molecular flexibility index (Phi) is 3.69. The highest BCUT2D eigenvalue weighted by Gasteiger charge is 2.14. The molecule has 0 aliphatic rings. The van der Waals surface area contributed by atoms with Crippen molar-refractivity contribution < 1.29 is 13.6 Å². The normalized spacial score (nSPS) is 10.8. The van der Waals surface area contributed by atoms with Crippen molar-refractivity contribution >= 4 is 17.3 Å². The molecule has 0 bridgehead atoms. The van der Waals surface area contributed by atoms with E-state index in [1.54, 1.807) is 10.9 Å². The minimum atomic E-state index is -0.965. The van der Waals surface area contributed by atoms with Crippen LogP contribution in [0.5, 0.6) is 0 Å². The van der Waals surface area contributed by atoms with Crippen molar-refractivity contribution in [3.8, 4) is 0 Å². The highest BCUT2D eigenvalue weighted by atomic mass is 19.1. The van der Waals surface area contributed by atoms with E-state index in [2.05, 4.69) is 10.4 Å². The lowest BCUT2D eigenvalue weighted by atomic mass is 10.1. The predicted molar refractivity (Wildman–Crippen MR) is 71.3 cm³/mol. The molecule has 0 saturated carbocycles. The lowest BCUT2D eigenvalue weighted by molar-refractivity contribution is 0.102. The fourth-order valence-corrected chi connectivity index (χ4v) is 1.60. The van der Waals surface area contributed by atoms with Gasteiger partial charge in [-0.05, 0) is 26.0 Å². The topological polar surface area (TPSA) is 72.9 Å². The van der Waals surface area contributed by atoms with E-state index in [9.17, 15) is 13.6 Å². The van der Waals surface area contributed by atoms with Gasteiger partial charge in [0, 0.05) is 17.8 Å². The zero-order chi connectivity index (χ0) is 14.9. The standard InChI is InChI=1S/C13H14F2N4O/c1-7(2)19-6-9(5-17-19)18-13(20)8-3-10(14)12(16)11(15)4-8/h3-7H,16H2,1-2H3,(H,18,20). The van der Waals surface area contributed by atoms with Gasteiger partial charge in [0.2, 0.25) is 0 Å². The first-order chi connectivity index (χ1) is 9.38. The molecule has 1 aromatic heterocycles.